The van der Waals surface area contributed by atoms with Crippen LogP contribution < -0.4 is 5.73 Å². The van der Waals surface area contributed by atoms with Crippen molar-refractivity contribution < 1.29 is 4.79 Å². The Kier molecular flexibility index (Phi) is 3.41. The van der Waals surface area contributed by atoms with E-state index >= 15 is 0 Å². The molecule has 2 aromatic heterocycles. The first-order valence-electron chi connectivity index (χ1n) is 6.98. The fourth-order valence-electron chi connectivity index (χ4n) is 2.45. The van der Waals surface area contributed by atoms with Gasteiger partial charge < -0.3 is 10.6 Å². The summed E-state index contributed by atoms with van der Waals surface area (Å²) in [6.45, 7) is 8.15. The van der Waals surface area contributed by atoms with Crippen LogP contribution in [0.15, 0.2) is 12.7 Å². The molecule has 21 heavy (non-hydrogen) atoms. The summed E-state index contributed by atoms with van der Waals surface area (Å²) < 4.78 is 0. The second kappa shape index (κ2) is 5.11. The van der Waals surface area contributed by atoms with Crippen LogP contribution in [0.3, 0.4) is 0 Å². The van der Waals surface area contributed by atoms with E-state index in [1.54, 1.807) is 6.08 Å². The number of carbonyl (C=O) groups is 1. The van der Waals surface area contributed by atoms with E-state index in [1.165, 1.54) is 11.3 Å². The largest absolute Gasteiger partial charge is 0.397 e. The highest BCUT2D eigenvalue weighted by atomic mass is 32.1. The number of hydrogen-bond acceptors (Lipinski definition) is 5. The van der Waals surface area contributed by atoms with Gasteiger partial charge in [-0.1, -0.05) is 6.08 Å². The summed E-state index contributed by atoms with van der Waals surface area (Å²) in [5.41, 5.74) is 8.60. The van der Waals surface area contributed by atoms with Crippen molar-refractivity contribution >= 4 is 33.1 Å². The van der Waals surface area contributed by atoms with Crippen molar-refractivity contribution in [2.45, 2.75) is 32.7 Å². The maximum absolute atomic E-state index is 12.8. The molecule has 2 aromatic rings. The van der Waals surface area contributed by atoms with E-state index in [4.69, 9.17) is 5.73 Å². The Hall–Kier alpha value is -1.95. The lowest BCUT2D eigenvalue weighted by molar-refractivity contribution is 0.0768. The molecular weight excluding hydrogens is 284 g/mol. The summed E-state index contributed by atoms with van der Waals surface area (Å²) in [4.78, 5) is 15.9. The lowest BCUT2D eigenvalue weighted by Crippen LogP contribution is -2.33. The van der Waals surface area contributed by atoms with E-state index in [1.807, 2.05) is 18.7 Å². The number of amides is 1. The molecule has 1 aliphatic rings. The second-order valence-electron chi connectivity index (χ2n) is 5.41. The molecular formula is C15H18N4OS. The number of fused-ring (bicyclic) bond motifs is 1. The molecule has 6 heteroatoms. The van der Waals surface area contributed by atoms with Crippen LogP contribution >= 0.6 is 11.3 Å². The number of hydrogen-bond donors (Lipinski definition) is 1. The molecule has 2 heterocycles. The number of anilines is 1. The van der Waals surface area contributed by atoms with Crippen molar-refractivity contribution in [1.29, 1.82) is 0 Å². The van der Waals surface area contributed by atoms with E-state index in [0.29, 0.717) is 23.2 Å². The number of thiophene rings is 1. The molecule has 110 valence electrons. The smallest absolute Gasteiger partial charge is 0.266 e. The highest BCUT2D eigenvalue weighted by molar-refractivity contribution is 7.21. The van der Waals surface area contributed by atoms with Gasteiger partial charge in [-0.3, -0.25) is 4.79 Å². The molecule has 0 aromatic carbocycles. The van der Waals surface area contributed by atoms with Gasteiger partial charge in [0.05, 0.1) is 11.4 Å². The minimum atomic E-state index is -0.0186. The summed E-state index contributed by atoms with van der Waals surface area (Å²) in [5.74, 6) is -0.0186. The van der Waals surface area contributed by atoms with Crippen molar-refractivity contribution in [2.24, 2.45) is 0 Å². The zero-order valence-corrected chi connectivity index (χ0v) is 13.0. The predicted molar refractivity (Wildman–Crippen MR) is 85.6 cm³/mol. The molecule has 0 radical (unpaired) electrons. The van der Waals surface area contributed by atoms with Gasteiger partial charge in [0.25, 0.3) is 5.91 Å². The minimum Gasteiger partial charge on any atom is -0.397 e. The number of aryl methyl sites for hydroxylation is 2. The van der Waals surface area contributed by atoms with Crippen LogP contribution in [0.5, 0.6) is 0 Å². The molecule has 0 spiro atoms. The predicted octanol–water partition coefficient (Wildman–Crippen LogP) is 2.68. The van der Waals surface area contributed by atoms with Crippen molar-refractivity contribution in [3.05, 3.63) is 28.8 Å². The number of nitrogen functional groups attached to an aromatic ring is 1. The number of rotatable bonds is 4. The molecule has 1 saturated carbocycles. The zero-order chi connectivity index (χ0) is 15.1. The standard InChI is InChI=1S/C15H18N4OS/c1-4-7-19(10-5-6-10)15(20)13-12(16)11-8(2)9(3)17-18-14(11)21-13/h4,10H,1,5-7,16H2,2-3H3. The van der Waals surface area contributed by atoms with E-state index in [9.17, 15) is 4.79 Å². The van der Waals surface area contributed by atoms with Gasteiger partial charge in [0, 0.05) is 18.0 Å². The molecule has 1 aliphatic carbocycles. The third-order valence-corrected chi connectivity index (χ3v) is 4.98. The molecule has 2 N–H and O–H groups in total. The lowest BCUT2D eigenvalue weighted by atomic mass is 10.1. The van der Waals surface area contributed by atoms with Crippen molar-refractivity contribution in [1.82, 2.24) is 15.1 Å². The van der Waals surface area contributed by atoms with Gasteiger partial charge in [-0.15, -0.1) is 23.0 Å². The van der Waals surface area contributed by atoms with Gasteiger partial charge in [0.2, 0.25) is 0 Å². The van der Waals surface area contributed by atoms with Crippen LogP contribution in [0.2, 0.25) is 0 Å². The third-order valence-electron chi connectivity index (χ3n) is 3.90. The fraction of sp³-hybridized carbons (Fsp3) is 0.400. The first-order chi connectivity index (χ1) is 10.0. The number of nitrogens with two attached hydrogens (primary N) is 1. The molecule has 5 nitrogen and oxygen atoms in total. The van der Waals surface area contributed by atoms with Crippen LogP contribution in [0.4, 0.5) is 5.69 Å². The highest BCUT2D eigenvalue weighted by Crippen LogP contribution is 2.37. The van der Waals surface area contributed by atoms with E-state index in [-0.39, 0.29) is 5.91 Å². The Labute approximate surface area is 127 Å². The fourth-order valence-corrected chi connectivity index (χ4v) is 3.51. The maximum atomic E-state index is 12.8. The van der Waals surface area contributed by atoms with Crippen LogP contribution in [0.1, 0.15) is 33.8 Å². The van der Waals surface area contributed by atoms with Gasteiger partial charge in [0.1, 0.15) is 9.71 Å². The molecule has 1 amide bonds. The number of aromatic nitrogens is 2. The van der Waals surface area contributed by atoms with Crippen molar-refractivity contribution in [2.75, 3.05) is 12.3 Å². The first-order valence-corrected chi connectivity index (χ1v) is 7.80. The normalized spacial score (nSPS) is 14.4. The maximum Gasteiger partial charge on any atom is 0.266 e. The molecule has 0 unspecified atom stereocenters. The van der Waals surface area contributed by atoms with Crippen LogP contribution in [0, 0.1) is 13.8 Å². The van der Waals surface area contributed by atoms with Gasteiger partial charge in [-0.05, 0) is 32.3 Å². The van der Waals surface area contributed by atoms with Crippen LogP contribution in [-0.2, 0) is 0 Å². The van der Waals surface area contributed by atoms with Crippen molar-refractivity contribution in [3.8, 4) is 0 Å². The Morgan fingerprint density at radius 1 is 1.48 bits per heavy atom. The van der Waals surface area contributed by atoms with Gasteiger partial charge in [0.15, 0.2) is 0 Å². The monoisotopic (exact) mass is 302 g/mol. The molecule has 0 bridgehead atoms. The SMILES string of the molecule is C=CCN(C(=O)c1sc2nnc(C)c(C)c2c1N)C1CC1. The minimum absolute atomic E-state index is 0.0186. The average molecular weight is 302 g/mol. The summed E-state index contributed by atoms with van der Waals surface area (Å²) in [6.07, 6.45) is 3.87. The van der Waals surface area contributed by atoms with Crippen molar-refractivity contribution in [3.63, 3.8) is 0 Å². The Bertz CT molecular complexity index is 733. The van der Waals surface area contributed by atoms with Crippen LogP contribution in [-0.4, -0.2) is 33.6 Å². The summed E-state index contributed by atoms with van der Waals surface area (Å²) >= 11 is 1.33. The molecule has 0 saturated heterocycles. The number of nitrogens with zero attached hydrogens (tertiary/aromatic N) is 3. The first kappa shape index (κ1) is 14.0. The van der Waals surface area contributed by atoms with E-state index < -0.39 is 0 Å². The Morgan fingerprint density at radius 3 is 2.81 bits per heavy atom. The molecule has 0 atom stereocenters. The van der Waals surface area contributed by atoms with E-state index in [0.717, 1.165) is 34.3 Å². The van der Waals surface area contributed by atoms with Gasteiger partial charge >= 0.3 is 0 Å². The Balaban J connectivity index is 2.07. The summed E-state index contributed by atoms with van der Waals surface area (Å²) in [5, 5.41) is 9.15. The second-order valence-corrected chi connectivity index (χ2v) is 6.41. The number of carbonyl (C=O) groups excluding carboxylic acids is 1. The Morgan fingerprint density at radius 2 is 2.19 bits per heavy atom. The topological polar surface area (TPSA) is 72.1 Å². The molecule has 0 aliphatic heterocycles. The summed E-state index contributed by atoms with van der Waals surface area (Å²) in [6, 6.07) is 0.328. The third kappa shape index (κ3) is 2.29. The zero-order valence-electron chi connectivity index (χ0n) is 12.2. The molecule has 3 rings (SSSR count). The van der Waals surface area contributed by atoms with Crippen LogP contribution in [0.25, 0.3) is 10.2 Å². The quantitative estimate of drug-likeness (QED) is 0.881. The van der Waals surface area contributed by atoms with E-state index in [2.05, 4.69) is 16.8 Å². The van der Waals surface area contributed by atoms with Gasteiger partial charge in [-0.2, -0.15) is 5.10 Å². The summed E-state index contributed by atoms with van der Waals surface area (Å²) in [7, 11) is 0. The lowest BCUT2D eigenvalue weighted by Gasteiger charge is -2.20. The molecule has 1 fully saturated rings. The average Bonchev–Trinajstić information content (AvgIpc) is 3.24. The van der Waals surface area contributed by atoms with Gasteiger partial charge in [-0.25, -0.2) is 0 Å². The highest BCUT2D eigenvalue weighted by Gasteiger charge is 2.34.